The molecular weight excluding hydrogens is 256 g/mol. The molecule has 1 aromatic carbocycles. The van der Waals surface area contributed by atoms with Gasteiger partial charge in [-0.1, -0.05) is 12.1 Å². The maximum Gasteiger partial charge on any atom is 0.323 e. The number of hydrogen-bond acceptors (Lipinski definition) is 5. The number of carbonyl (C=O) groups excluding carboxylic acids is 1. The van der Waals surface area contributed by atoms with Gasteiger partial charge >= 0.3 is 5.97 Å². The van der Waals surface area contributed by atoms with E-state index < -0.39 is 6.04 Å². The molecule has 0 saturated carbocycles. The third-order valence-corrected chi connectivity index (χ3v) is 3.64. The Morgan fingerprint density at radius 2 is 2.00 bits per heavy atom. The van der Waals surface area contributed by atoms with E-state index in [1.165, 1.54) is 0 Å². The van der Waals surface area contributed by atoms with Crippen LogP contribution in [0.25, 0.3) is 0 Å². The summed E-state index contributed by atoms with van der Waals surface area (Å²) in [5, 5.41) is 9.21. The molecule has 1 aliphatic rings. The predicted octanol–water partition coefficient (Wildman–Crippen LogP) is 0.899. The summed E-state index contributed by atoms with van der Waals surface area (Å²) in [6.45, 7) is 1.90. The molecule has 0 unspecified atom stereocenters. The molecule has 1 heterocycles. The van der Waals surface area contributed by atoms with E-state index in [4.69, 9.17) is 10.5 Å². The van der Waals surface area contributed by atoms with Gasteiger partial charge < -0.3 is 20.5 Å². The summed E-state index contributed by atoms with van der Waals surface area (Å²) in [6, 6.07) is 6.05. The number of benzene rings is 1. The normalized spacial score (nSPS) is 18.7. The van der Waals surface area contributed by atoms with Gasteiger partial charge in [0.15, 0.2) is 0 Å². The summed E-state index contributed by atoms with van der Waals surface area (Å²) < 4.78 is 5.46. The molecule has 1 saturated heterocycles. The van der Waals surface area contributed by atoms with Crippen LogP contribution in [0.1, 0.15) is 18.4 Å². The zero-order chi connectivity index (χ0) is 14.5. The Bertz CT molecular complexity index is 439. The van der Waals surface area contributed by atoms with E-state index in [1.807, 2.05) is 0 Å². The fourth-order valence-electron chi connectivity index (χ4n) is 2.32. The van der Waals surface area contributed by atoms with E-state index in [0.717, 1.165) is 31.5 Å². The molecule has 0 bridgehead atoms. The minimum atomic E-state index is -0.654. The van der Waals surface area contributed by atoms with Crippen LogP contribution in [0.4, 0.5) is 0 Å². The SMILES string of the molecule is CN1CCC(OC(=O)[C@H](N)Cc2ccc(O)cc2)CC1. The minimum absolute atomic E-state index is 0.00966. The topological polar surface area (TPSA) is 75.8 Å². The Hall–Kier alpha value is -1.59. The molecule has 0 aliphatic carbocycles. The largest absolute Gasteiger partial charge is 0.508 e. The molecule has 1 atom stereocenters. The van der Waals surface area contributed by atoms with Crippen LogP contribution in [0.5, 0.6) is 5.75 Å². The van der Waals surface area contributed by atoms with Crippen LogP contribution in [0.2, 0.25) is 0 Å². The first-order valence-electron chi connectivity index (χ1n) is 6.97. The smallest absolute Gasteiger partial charge is 0.323 e. The number of nitrogens with zero attached hydrogens (tertiary/aromatic N) is 1. The molecule has 1 aliphatic heterocycles. The van der Waals surface area contributed by atoms with Gasteiger partial charge in [0.1, 0.15) is 17.9 Å². The quantitative estimate of drug-likeness (QED) is 0.800. The third-order valence-electron chi connectivity index (χ3n) is 3.64. The highest BCUT2D eigenvalue weighted by Crippen LogP contribution is 2.14. The lowest BCUT2D eigenvalue weighted by Gasteiger charge is -2.29. The Labute approximate surface area is 119 Å². The van der Waals surface area contributed by atoms with Crippen LogP contribution in [-0.4, -0.2) is 48.3 Å². The first-order valence-corrected chi connectivity index (χ1v) is 6.97. The molecule has 0 radical (unpaired) electrons. The first kappa shape index (κ1) is 14.8. The maximum absolute atomic E-state index is 12.0. The van der Waals surface area contributed by atoms with E-state index >= 15 is 0 Å². The lowest BCUT2D eigenvalue weighted by Crippen LogP contribution is -2.40. The average molecular weight is 278 g/mol. The zero-order valence-corrected chi connectivity index (χ0v) is 11.8. The van der Waals surface area contributed by atoms with Gasteiger partial charge in [0.05, 0.1) is 0 Å². The number of phenolic OH excluding ortho intramolecular Hbond substituents is 1. The number of hydrogen-bond donors (Lipinski definition) is 2. The summed E-state index contributed by atoms with van der Waals surface area (Å²) in [7, 11) is 2.06. The van der Waals surface area contributed by atoms with Crippen molar-refractivity contribution in [3.63, 3.8) is 0 Å². The van der Waals surface area contributed by atoms with Gasteiger partial charge in [0.25, 0.3) is 0 Å². The van der Waals surface area contributed by atoms with Crippen molar-refractivity contribution in [2.45, 2.75) is 31.4 Å². The van der Waals surface area contributed by atoms with Gasteiger partial charge in [0.2, 0.25) is 0 Å². The van der Waals surface area contributed by atoms with Gasteiger partial charge in [-0.3, -0.25) is 4.79 Å². The van der Waals surface area contributed by atoms with Crippen molar-refractivity contribution in [2.24, 2.45) is 5.73 Å². The van der Waals surface area contributed by atoms with Crippen LogP contribution >= 0.6 is 0 Å². The van der Waals surface area contributed by atoms with Gasteiger partial charge in [-0.15, -0.1) is 0 Å². The van der Waals surface area contributed by atoms with Crippen molar-refractivity contribution >= 4 is 5.97 Å². The molecule has 0 spiro atoms. The maximum atomic E-state index is 12.0. The molecule has 20 heavy (non-hydrogen) atoms. The number of nitrogens with two attached hydrogens (primary N) is 1. The summed E-state index contributed by atoms with van der Waals surface area (Å²) in [6.07, 6.45) is 2.15. The number of phenols is 1. The van der Waals surface area contributed by atoms with Crippen molar-refractivity contribution in [3.05, 3.63) is 29.8 Å². The number of ether oxygens (including phenoxy) is 1. The molecule has 1 fully saturated rings. The van der Waals surface area contributed by atoms with Gasteiger partial charge in [-0.2, -0.15) is 0 Å². The van der Waals surface area contributed by atoms with Crippen LogP contribution in [-0.2, 0) is 16.0 Å². The van der Waals surface area contributed by atoms with Gasteiger partial charge in [-0.05, 0) is 44.0 Å². The molecule has 110 valence electrons. The molecule has 0 amide bonds. The lowest BCUT2D eigenvalue weighted by molar-refractivity contribution is -0.152. The fourth-order valence-corrected chi connectivity index (χ4v) is 2.32. The van der Waals surface area contributed by atoms with Crippen molar-refractivity contribution in [1.82, 2.24) is 4.90 Å². The second-order valence-electron chi connectivity index (χ2n) is 5.42. The Morgan fingerprint density at radius 3 is 2.60 bits per heavy atom. The molecule has 5 heteroatoms. The highest BCUT2D eigenvalue weighted by molar-refractivity contribution is 5.76. The van der Waals surface area contributed by atoms with Crippen molar-refractivity contribution in [1.29, 1.82) is 0 Å². The fraction of sp³-hybridized carbons (Fsp3) is 0.533. The molecule has 3 N–H and O–H groups in total. The molecular formula is C15H22N2O3. The summed E-state index contributed by atoms with van der Waals surface area (Å²) in [5.74, 6) is -0.135. The minimum Gasteiger partial charge on any atom is -0.508 e. The van der Waals surface area contributed by atoms with E-state index in [-0.39, 0.29) is 17.8 Å². The van der Waals surface area contributed by atoms with Crippen LogP contribution in [0.15, 0.2) is 24.3 Å². The zero-order valence-electron chi connectivity index (χ0n) is 11.8. The monoisotopic (exact) mass is 278 g/mol. The Kier molecular flexibility index (Phi) is 4.98. The summed E-state index contributed by atoms with van der Waals surface area (Å²) >= 11 is 0. The van der Waals surface area contributed by atoms with E-state index in [9.17, 15) is 9.90 Å². The Morgan fingerprint density at radius 1 is 1.40 bits per heavy atom. The number of likely N-dealkylation sites (tertiary alicyclic amines) is 1. The molecule has 5 nitrogen and oxygen atoms in total. The number of carbonyl (C=O) groups is 1. The average Bonchev–Trinajstić information content (AvgIpc) is 2.44. The number of piperidine rings is 1. The standard InChI is InChI=1S/C15H22N2O3/c1-17-8-6-13(7-9-17)20-15(19)14(16)10-11-2-4-12(18)5-3-11/h2-5,13-14,18H,6-10,16H2,1H3/t14-/m1/s1. The van der Waals surface area contributed by atoms with Crippen molar-refractivity contribution in [2.75, 3.05) is 20.1 Å². The van der Waals surface area contributed by atoms with Crippen molar-refractivity contribution < 1.29 is 14.6 Å². The number of esters is 1. The molecule has 1 aromatic rings. The van der Waals surface area contributed by atoms with E-state index in [0.29, 0.717) is 6.42 Å². The second-order valence-corrected chi connectivity index (χ2v) is 5.42. The molecule has 2 rings (SSSR count). The third kappa shape index (κ3) is 4.21. The highest BCUT2D eigenvalue weighted by Gasteiger charge is 2.23. The molecule has 0 aromatic heterocycles. The Balaban J connectivity index is 1.81. The van der Waals surface area contributed by atoms with Gasteiger partial charge in [0, 0.05) is 13.1 Å². The van der Waals surface area contributed by atoms with Crippen LogP contribution in [0.3, 0.4) is 0 Å². The van der Waals surface area contributed by atoms with Gasteiger partial charge in [-0.25, -0.2) is 0 Å². The van der Waals surface area contributed by atoms with Crippen molar-refractivity contribution in [3.8, 4) is 5.75 Å². The first-order chi connectivity index (χ1) is 9.54. The predicted molar refractivity (Wildman–Crippen MR) is 76.4 cm³/mol. The lowest BCUT2D eigenvalue weighted by atomic mass is 10.1. The summed E-state index contributed by atoms with van der Waals surface area (Å²) in [5.41, 5.74) is 6.80. The number of aromatic hydroxyl groups is 1. The number of rotatable bonds is 4. The highest BCUT2D eigenvalue weighted by atomic mass is 16.5. The summed E-state index contributed by atoms with van der Waals surface area (Å²) in [4.78, 5) is 14.2. The van der Waals surface area contributed by atoms with Crippen LogP contribution in [0, 0.1) is 0 Å². The van der Waals surface area contributed by atoms with E-state index in [2.05, 4.69) is 11.9 Å². The second kappa shape index (κ2) is 6.72. The van der Waals surface area contributed by atoms with Crippen LogP contribution < -0.4 is 5.73 Å². The van der Waals surface area contributed by atoms with E-state index in [1.54, 1.807) is 24.3 Å².